The molecule has 2 aromatic rings. The Kier molecular flexibility index (Phi) is 12.7. The zero-order valence-corrected chi connectivity index (χ0v) is 19.7. The number of anilines is 1. The number of nitrogens with zero attached hydrogens (tertiary/aromatic N) is 1. The van der Waals surface area contributed by atoms with Crippen LogP contribution in [0.15, 0.2) is 36.4 Å². The number of hydrogen-bond donors (Lipinski definition) is 2. The number of benzene rings is 1. The Labute approximate surface area is 188 Å². The molecule has 0 amide bonds. The van der Waals surface area contributed by atoms with Crippen molar-refractivity contribution in [1.29, 1.82) is 0 Å². The van der Waals surface area contributed by atoms with Crippen molar-refractivity contribution in [2.75, 3.05) is 18.1 Å². The minimum absolute atomic E-state index is 0. The molecule has 0 aliphatic rings. The molecule has 1 unspecified atom stereocenters. The molecule has 0 bridgehead atoms. The van der Waals surface area contributed by atoms with Crippen molar-refractivity contribution in [2.45, 2.75) is 58.5 Å². The van der Waals surface area contributed by atoms with Gasteiger partial charge in [-0.15, -0.1) is 10.3 Å². The number of nitrogens with one attached hydrogen (secondary N) is 1. The third-order valence-corrected chi connectivity index (χ3v) is 5.27. The van der Waals surface area contributed by atoms with Gasteiger partial charge < -0.3 is 21.5 Å². The Morgan fingerprint density at radius 1 is 1.12 bits per heavy atom. The van der Waals surface area contributed by atoms with Gasteiger partial charge in [0.25, 0.3) is 0 Å². The molecule has 1 heterocycles. The molecule has 5 heteroatoms. The van der Waals surface area contributed by atoms with E-state index in [0.717, 1.165) is 50.0 Å². The van der Waals surface area contributed by atoms with Crippen molar-refractivity contribution in [3.05, 3.63) is 52.2 Å². The largest absolute Gasteiger partial charge is 0.388 e. The molecule has 0 fully saturated rings. The summed E-state index contributed by atoms with van der Waals surface area (Å²) in [6, 6.07) is 12.4. The van der Waals surface area contributed by atoms with Crippen LogP contribution < -0.4 is 10.4 Å². The third kappa shape index (κ3) is 8.18. The average Bonchev–Trinajstić information content (AvgIpc) is 3.16. The van der Waals surface area contributed by atoms with Crippen LogP contribution in [0.2, 0.25) is 0 Å². The summed E-state index contributed by atoms with van der Waals surface area (Å²) < 4.78 is 0. The number of unbranched alkanes of at least 4 members (excludes halogenated alkanes) is 2. The molecule has 141 valence electrons. The fourth-order valence-corrected chi connectivity index (χ4v) is 3.57. The number of rotatable bonds is 12. The van der Waals surface area contributed by atoms with Gasteiger partial charge in [-0.05, 0) is 37.5 Å². The minimum Gasteiger partial charge on any atom is -0.388 e. The van der Waals surface area contributed by atoms with E-state index in [1.165, 1.54) is 17.7 Å². The van der Waals surface area contributed by atoms with Crippen molar-refractivity contribution < 1.29 is 37.8 Å². The van der Waals surface area contributed by atoms with Gasteiger partial charge >= 0.3 is 0 Å². The van der Waals surface area contributed by atoms with Crippen molar-refractivity contribution in [3.8, 4) is 0 Å². The molecule has 1 aromatic heterocycles. The molecule has 1 radical (unpaired) electrons. The number of thiophene rings is 1. The van der Waals surface area contributed by atoms with Crippen LogP contribution in [0.25, 0.3) is 0 Å². The van der Waals surface area contributed by atoms with Crippen molar-refractivity contribution in [1.82, 2.24) is 5.43 Å². The fourth-order valence-electron chi connectivity index (χ4n) is 2.90. The molecular weight excluding hydrogens is 417 g/mol. The molecule has 26 heavy (non-hydrogen) atoms. The third-order valence-electron chi connectivity index (χ3n) is 4.42. The summed E-state index contributed by atoms with van der Waals surface area (Å²) in [5, 5.41) is 15.6. The first kappa shape index (κ1) is 23.8. The van der Waals surface area contributed by atoms with E-state index in [4.69, 9.17) is 0 Å². The first-order valence-corrected chi connectivity index (χ1v) is 10.3. The molecule has 0 aliphatic heterocycles. The Balaban J connectivity index is 0.00000338. The van der Waals surface area contributed by atoms with Gasteiger partial charge in [-0.25, -0.2) is 11.5 Å². The van der Waals surface area contributed by atoms with Gasteiger partial charge in [-0.2, -0.15) is 6.07 Å². The maximum absolute atomic E-state index is 10.3. The summed E-state index contributed by atoms with van der Waals surface area (Å²) >= 11 is 1.70. The summed E-state index contributed by atoms with van der Waals surface area (Å²) in [5.41, 5.74) is 5.67. The number of aliphatic hydroxyl groups is 1. The summed E-state index contributed by atoms with van der Waals surface area (Å²) in [6.45, 7) is 6.19. The second-order valence-electron chi connectivity index (χ2n) is 6.38. The van der Waals surface area contributed by atoms with Gasteiger partial charge in [-0.1, -0.05) is 44.7 Å². The molecule has 3 nitrogen and oxygen atoms in total. The zero-order valence-electron chi connectivity index (χ0n) is 16.1. The number of hydrogen-bond acceptors (Lipinski definition) is 4. The Morgan fingerprint density at radius 2 is 1.88 bits per heavy atom. The van der Waals surface area contributed by atoms with Crippen LogP contribution in [0, 0.1) is 5.38 Å². The normalized spacial score (nSPS) is 11.8. The molecule has 2 N–H and O–H groups in total. The van der Waals surface area contributed by atoms with Gasteiger partial charge in [-0.3, -0.25) is 0 Å². The SMILES string of the molecule is CCCCCC(O)c1ccc(N(CC)NCCCc2cc[c-]s2)cc1.[Y]. The molecule has 0 aliphatic carbocycles. The monoisotopic (exact) mass is 448 g/mol. The van der Waals surface area contributed by atoms with E-state index < -0.39 is 0 Å². The number of aliphatic hydroxyl groups excluding tert-OH is 1. The van der Waals surface area contributed by atoms with Gasteiger partial charge in [0.1, 0.15) is 0 Å². The Hall–Kier alpha value is -0.256. The molecule has 0 spiro atoms. The molecule has 0 saturated carbocycles. The predicted octanol–water partition coefficient (Wildman–Crippen LogP) is 5.12. The summed E-state index contributed by atoms with van der Waals surface area (Å²) in [6.07, 6.45) is 6.18. The quantitative estimate of drug-likeness (QED) is 0.269. The van der Waals surface area contributed by atoms with Crippen molar-refractivity contribution in [2.24, 2.45) is 0 Å². The Bertz CT molecular complexity index is 574. The zero-order chi connectivity index (χ0) is 17.9. The van der Waals surface area contributed by atoms with E-state index in [0.29, 0.717) is 0 Å². The van der Waals surface area contributed by atoms with Crippen LogP contribution in [0.1, 0.15) is 62.5 Å². The molecule has 2 rings (SSSR count). The van der Waals surface area contributed by atoms with E-state index >= 15 is 0 Å². The van der Waals surface area contributed by atoms with Gasteiger partial charge in [0.2, 0.25) is 0 Å². The topological polar surface area (TPSA) is 35.5 Å². The second kappa shape index (κ2) is 13.8. The predicted molar refractivity (Wildman–Crippen MR) is 108 cm³/mol. The maximum atomic E-state index is 10.3. The van der Waals surface area contributed by atoms with E-state index in [2.05, 4.69) is 60.0 Å². The summed E-state index contributed by atoms with van der Waals surface area (Å²) in [4.78, 5) is 1.39. The number of aryl methyl sites for hydroxylation is 1. The van der Waals surface area contributed by atoms with Crippen LogP contribution in [-0.4, -0.2) is 18.2 Å². The van der Waals surface area contributed by atoms with E-state index in [1.54, 1.807) is 11.3 Å². The molecular formula is C21H31N2OSY-. The van der Waals surface area contributed by atoms with Crippen LogP contribution in [-0.2, 0) is 39.1 Å². The first-order valence-electron chi connectivity index (χ1n) is 9.48. The van der Waals surface area contributed by atoms with Crippen LogP contribution >= 0.6 is 11.3 Å². The smallest absolute Gasteiger partial charge is 0.0790 e. The molecule has 1 atom stereocenters. The molecule has 1 aromatic carbocycles. The average molecular weight is 448 g/mol. The van der Waals surface area contributed by atoms with Gasteiger partial charge in [0, 0.05) is 45.8 Å². The van der Waals surface area contributed by atoms with Crippen LogP contribution in [0.3, 0.4) is 0 Å². The Morgan fingerprint density at radius 3 is 2.50 bits per heavy atom. The van der Waals surface area contributed by atoms with E-state index in [1.807, 2.05) is 6.07 Å². The summed E-state index contributed by atoms with van der Waals surface area (Å²) in [5.74, 6) is 0. The maximum Gasteiger partial charge on any atom is 0.0790 e. The minimum atomic E-state index is -0.341. The van der Waals surface area contributed by atoms with Crippen molar-refractivity contribution >= 4 is 17.0 Å². The van der Waals surface area contributed by atoms with E-state index in [9.17, 15) is 5.11 Å². The first-order chi connectivity index (χ1) is 12.2. The standard InChI is InChI=1S/C21H31N2OS.Y/c1-3-5-6-11-21(24)18-12-14-19(15-13-18)23(4-2)22-16-7-9-20-10-8-17-25-20;/h8,10,12-15,21-22,24H,3-7,9,11,16H2,1-2H3;/q-1;. The van der Waals surface area contributed by atoms with Crippen LogP contribution in [0.4, 0.5) is 5.69 Å². The second-order valence-corrected chi connectivity index (χ2v) is 7.34. The van der Waals surface area contributed by atoms with Crippen LogP contribution in [0.5, 0.6) is 0 Å². The van der Waals surface area contributed by atoms with E-state index in [-0.39, 0.29) is 38.8 Å². The molecule has 0 saturated heterocycles. The fraction of sp³-hybridized carbons (Fsp3) is 0.524. The summed E-state index contributed by atoms with van der Waals surface area (Å²) in [7, 11) is 0. The number of hydrazine groups is 1. The van der Waals surface area contributed by atoms with Gasteiger partial charge in [0.05, 0.1) is 11.8 Å². The van der Waals surface area contributed by atoms with Gasteiger partial charge in [0.15, 0.2) is 0 Å². The van der Waals surface area contributed by atoms with Crippen molar-refractivity contribution in [3.63, 3.8) is 0 Å².